The molecule has 0 spiro atoms. The van der Waals surface area contributed by atoms with E-state index in [0.717, 1.165) is 0 Å². The fourth-order valence-corrected chi connectivity index (χ4v) is 2.52. The van der Waals surface area contributed by atoms with Crippen LogP contribution in [0.2, 0.25) is 10.0 Å². The predicted octanol–water partition coefficient (Wildman–Crippen LogP) is 3.83. The number of amides is 1. The minimum atomic E-state index is -0.345. The Morgan fingerprint density at radius 2 is 1.73 bits per heavy atom. The van der Waals surface area contributed by atoms with Crippen molar-refractivity contribution in [2.24, 2.45) is 0 Å². The van der Waals surface area contributed by atoms with Crippen LogP contribution in [0.1, 0.15) is 21.9 Å². The molecule has 8 heteroatoms. The molecule has 3 N–H and O–H groups in total. The van der Waals surface area contributed by atoms with Crippen molar-refractivity contribution in [3.63, 3.8) is 0 Å². The molecule has 0 saturated heterocycles. The van der Waals surface area contributed by atoms with Crippen molar-refractivity contribution in [2.45, 2.75) is 13.8 Å². The van der Waals surface area contributed by atoms with Gasteiger partial charge in [-0.05, 0) is 50.3 Å². The molecular formula is C14H13Cl2N3O2S. The van der Waals surface area contributed by atoms with Crippen LogP contribution in [0.4, 0.5) is 5.69 Å². The minimum absolute atomic E-state index is 0.199. The summed E-state index contributed by atoms with van der Waals surface area (Å²) in [7, 11) is 0. The molecule has 22 heavy (non-hydrogen) atoms. The van der Waals surface area contributed by atoms with Crippen molar-refractivity contribution in [1.82, 2.24) is 10.9 Å². The normalized spacial score (nSPS) is 10.2. The van der Waals surface area contributed by atoms with Crippen LogP contribution in [-0.2, 0) is 0 Å². The third kappa shape index (κ3) is 4.37. The van der Waals surface area contributed by atoms with Gasteiger partial charge in [0.2, 0.25) is 0 Å². The van der Waals surface area contributed by atoms with E-state index < -0.39 is 0 Å². The third-order valence-corrected chi connectivity index (χ3v) is 3.34. The third-order valence-electron chi connectivity index (χ3n) is 2.70. The molecule has 0 saturated carbocycles. The van der Waals surface area contributed by atoms with E-state index in [1.54, 1.807) is 38.1 Å². The SMILES string of the molecule is Cc1cc(C(=O)NNC(=S)Nc2cc(Cl)cc(Cl)c2)c(C)o1. The van der Waals surface area contributed by atoms with Crippen LogP contribution >= 0.6 is 35.4 Å². The average molecular weight is 358 g/mol. The van der Waals surface area contributed by atoms with E-state index in [0.29, 0.717) is 32.8 Å². The first-order chi connectivity index (χ1) is 10.3. The minimum Gasteiger partial charge on any atom is -0.466 e. The zero-order valence-electron chi connectivity index (χ0n) is 11.8. The lowest BCUT2D eigenvalue weighted by molar-refractivity contribution is 0.0942. The van der Waals surface area contributed by atoms with Gasteiger partial charge in [-0.2, -0.15) is 0 Å². The van der Waals surface area contributed by atoms with E-state index >= 15 is 0 Å². The van der Waals surface area contributed by atoms with E-state index in [4.69, 9.17) is 39.8 Å². The van der Waals surface area contributed by atoms with Crippen molar-refractivity contribution in [1.29, 1.82) is 0 Å². The molecule has 0 aliphatic rings. The maximum absolute atomic E-state index is 12.0. The quantitative estimate of drug-likeness (QED) is 0.562. The van der Waals surface area contributed by atoms with Gasteiger partial charge >= 0.3 is 0 Å². The van der Waals surface area contributed by atoms with E-state index in [1.807, 2.05) is 0 Å². The lowest BCUT2D eigenvalue weighted by Gasteiger charge is -2.11. The Morgan fingerprint density at radius 3 is 2.27 bits per heavy atom. The molecule has 0 radical (unpaired) electrons. The molecule has 0 fully saturated rings. The zero-order valence-corrected chi connectivity index (χ0v) is 14.1. The Morgan fingerprint density at radius 1 is 1.09 bits per heavy atom. The van der Waals surface area contributed by atoms with Gasteiger partial charge in [0, 0.05) is 15.7 Å². The highest BCUT2D eigenvalue weighted by Crippen LogP contribution is 2.22. The first-order valence-corrected chi connectivity index (χ1v) is 7.42. The number of hydrazine groups is 1. The first kappa shape index (κ1) is 16.6. The van der Waals surface area contributed by atoms with Crippen molar-refractivity contribution in [2.75, 3.05) is 5.32 Å². The fraction of sp³-hybridized carbons (Fsp3) is 0.143. The number of benzene rings is 1. The maximum Gasteiger partial charge on any atom is 0.273 e. The number of thiocarbonyl (C=S) groups is 1. The van der Waals surface area contributed by atoms with Gasteiger partial charge in [-0.3, -0.25) is 15.6 Å². The molecule has 1 amide bonds. The van der Waals surface area contributed by atoms with Crippen LogP contribution in [0.15, 0.2) is 28.7 Å². The highest BCUT2D eigenvalue weighted by atomic mass is 35.5. The number of hydrogen-bond donors (Lipinski definition) is 3. The summed E-state index contributed by atoms with van der Waals surface area (Å²) in [5.74, 6) is 0.858. The summed E-state index contributed by atoms with van der Waals surface area (Å²) < 4.78 is 5.30. The molecule has 116 valence electrons. The van der Waals surface area contributed by atoms with Crippen LogP contribution in [0, 0.1) is 13.8 Å². The largest absolute Gasteiger partial charge is 0.466 e. The highest BCUT2D eigenvalue weighted by Gasteiger charge is 2.13. The summed E-state index contributed by atoms with van der Waals surface area (Å²) >= 11 is 16.9. The number of nitrogens with one attached hydrogen (secondary N) is 3. The number of carbonyl (C=O) groups excluding carboxylic acids is 1. The van der Waals surface area contributed by atoms with E-state index in [-0.39, 0.29) is 11.0 Å². The van der Waals surface area contributed by atoms with Crippen LogP contribution < -0.4 is 16.2 Å². The molecule has 0 bridgehead atoms. The van der Waals surface area contributed by atoms with Crippen LogP contribution in [0.5, 0.6) is 0 Å². The van der Waals surface area contributed by atoms with Crippen LogP contribution in [-0.4, -0.2) is 11.0 Å². The number of anilines is 1. The molecule has 2 rings (SSSR count). The molecule has 1 aromatic heterocycles. The lowest BCUT2D eigenvalue weighted by Crippen LogP contribution is -2.43. The second-order valence-corrected chi connectivity index (χ2v) is 5.80. The summed E-state index contributed by atoms with van der Waals surface area (Å²) in [5.41, 5.74) is 6.14. The van der Waals surface area contributed by atoms with Gasteiger partial charge in [0.1, 0.15) is 11.5 Å². The summed E-state index contributed by atoms with van der Waals surface area (Å²) in [6.07, 6.45) is 0. The molecule has 5 nitrogen and oxygen atoms in total. The fourth-order valence-electron chi connectivity index (χ4n) is 1.83. The number of hydrogen-bond acceptors (Lipinski definition) is 3. The standard InChI is InChI=1S/C14H13Cl2N3O2S/c1-7-3-12(8(2)21-7)13(20)18-19-14(22)17-11-5-9(15)4-10(16)6-11/h3-6H,1-2H3,(H,18,20)(H2,17,19,22). The van der Waals surface area contributed by atoms with Crippen molar-refractivity contribution < 1.29 is 9.21 Å². The van der Waals surface area contributed by atoms with Gasteiger partial charge in [0.15, 0.2) is 5.11 Å². The first-order valence-electron chi connectivity index (χ1n) is 6.25. The summed E-state index contributed by atoms with van der Waals surface area (Å²) in [6, 6.07) is 6.58. The Balaban J connectivity index is 1.92. The van der Waals surface area contributed by atoms with Crippen LogP contribution in [0.3, 0.4) is 0 Å². The Bertz CT molecular complexity index is 711. The molecular weight excluding hydrogens is 345 g/mol. The molecule has 0 aliphatic heterocycles. The Hall–Kier alpha value is -1.76. The van der Waals surface area contributed by atoms with E-state index in [1.165, 1.54) is 0 Å². The Labute approximate surface area is 142 Å². The second kappa shape index (κ2) is 7.00. The Kier molecular flexibility index (Phi) is 5.28. The summed E-state index contributed by atoms with van der Waals surface area (Å²) in [6.45, 7) is 3.48. The predicted molar refractivity (Wildman–Crippen MR) is 91.5 cm³/mol. The number of furan rings is 1. The second-order valence-electron chi connectivity index (χ2n) is 4.52. The maximum atomic E-state index is 12.0. The van der Waals surface area contributed by atoms with Crippen molar-refractivity contribution in [3.8, 4) is 0 Å². The van der Waals surface area contributed by atoms with Crippen molar-refractivity contribution in [3.05, 3.63) is 51.4 Å². The number of carbonyl (C=O) groups is 1. The van der Waals surface area contributed by atoms with Gasteiger partial charge in [-0.25, -0.2) is 0 Å². The number of halogens is 2. The number of aryl methyl sites for hydroxylation is 2. The lowest BCUT2D eigenvalue weighted by atomic mass is 10.2. The topological polar surface area (TPSA) is 66.3 Å². The summed E-state index contributed by atoms with van der Waals surface area (Å²) in [4.78, 5) is 12.0. The smallest absolute Gasteiger partial charge is 0.273 e. The van der Waals surface area contributed by atoms with Gasteiger partial charge in [0.25, 0.3) is 5.91 Å². The van der Waals surface area contributed by atoms with Gasteiger partial charge < -0.3 is 9.73 Å². The molecule has 0 unspecified atom stereocenters. The molecule has 1 heterocycles. The monoisotopic (exact) mass is 357 g/mol. The molecule has 0 atom stereocenters. The average Bonchev–Trinajstić information content (AvgIpc) is 2.74. The molecule has 1 aromatic carbocycles. The molecule has 2 aromatic rings. The van der Waals surface area contributed by atoms with E-state index in [9.17, 15) is 4.79 Å². The highest BCUT2D eigenvalue weighted by molar-refractivity contribution is 7.80. The molecule has 0 aliphatic carbocycles. The number of rotatable bonds is 2. The van der Waals surface area contributed by atoms with Gasteiger partial charge in [-0.15, -0.1) is 0 Å². The van der Waals surface area contributed by atoms with Crippen LogP contribution in [0.25, 0.3) is 0 Å². The zero-order chi connectivity index (χ0) is 16.3. The van der Waals surface area contributed by atoms with Crippen molar-refractivity contribution >= 4 is 52.1 Å². The van der Waals surface area contributed by atoms with Gasteiger partial charge in [-0.1, -0.05) is 23.2 Å². The summed E-state index contributed by atoms with van der Waals surface area (Å²) in [5, 5.41) is 4.02. The van der Waals surface area contributed by atoms with E-state index in [2.05, 4.69) is 16.2 Å². The van der Waals surface area contributed by atoms with Gasteiger partial charge in [0.05, 0.1) is 5.56 Å².